The van der Waals surface area contributed by atoms with Gasteiger partial charge >= 0.3 is 5.97 Å². The monoisotopic (exact) mass is 386 g/mol. The van der Waals surface area contributed by atoms with Crippen molar-refractivity contribution in [3.8, 4) is 0 Å². The molecule has 2 saturated heterocycles. The maximum Gasteiger partial charge on any atom is 0.327 e. The number of carboxylic acids is 1. The third-order valence-corrected chi connectivity index (χ3v) is 7.57. The van der Waals surface area contributed by atoms with Gasteiger partial charge in [-0.3, -0.25) is 0 Å². The molecule has 0 aromatic heterocycles. The van der Waals surface area contributed by atoms with Gasteiger partial charge in [-0.2, -0.15) is 23.5 Å². The van der Waals surface area contributed by atoms with E-state index in [1.54, 1.807) is 6.08 Å². The SMILES string of the molecule is CCCCCCSCC[C@@H]1[C@H](CSCCC=CC(=O)O)[C@@H]2CC[C@H]1O2. The van der Waals surface area contributed by atoms with E-state index in [0.717, 1.165) is 18.1 Å². The van der Waals surface area contributed by atoms with E-state index in [4.69, 9.17) is 9.84 Å². The third kappa shape index (κ3) is 7.56. The minimum Gasteiger partial charge on any atom is -0.478 e. The first-order valence-corrected chi connectivity index (χ1v) is 12.2. The van der Waals surface area contributed by atoms with Crippen LogP contribution in [0.25, 0.3) is 0 Å². The summed E-state index contributed by atoms with van der Waals surface area (Å²) in [6.07, 6.45) is 14.1. The van der Waals surface area contributed by atoms with Crippen LogP contribution in [0, 0.1) is 11.8 Å². The summed E-state index contributed by atoms with van der Waals surface area (Å²) >= 11 is 4.10. The predicted octanol–water partition coefficient (Wildman–Crippen LogP) is 5.25. The predicted molar refractivity (Wildman–Crippen MR) is 110 cm³/mol. The molecule has 0 radical (unpaired) electrons. The normalized spacial score (nSPS) is 28.2. The average molecular weight is 387 g/mol. The van der Waals surface area contributed by atoms with Gasteiger partial charge in [-0.15, -0.1) is 0 Å². The number of aliphatic carboxylic acids is 1. The van der Waals surface area contributed by atoms with Crippen molar-refractivity contribution in [1.82, 2.24) is 0 Å². The second-order valence-corrected chi connectivity index (χ2v) is 9.56. The van der Waals surface area contributed by atoms with E-state index < -0.39 is 5.97 Å². The number of ether oxygens (including phenoxy) is 1. The van der Waals surface area contributed by atoms with Crippen LogP contribution in [0.3, 0.4) is 0 Å². The van der Waals surface area contributed by atoms with Crippen LogP contribution >= 0.6 is 23.5 Å². The van der Waals surface area contributed by atoms with Crippen molar-refractivity contribution in [2.24, 2.45) is 11.8 Å². The lowest BCUT2D eigenvalue weighted by Gasteiger charge is -2.27. The largest absolute Gasteiger partial charge is 0.478 e. The first-order valence-electron chi connectivity index (χ1n) is 9.92. The maximum absolute atomic E-state index is 10.5. The highest BCUT2D eigenvalue weighted by Crippen LogP contribution is 2.46. The van der Waals surface area contributed by atoms with Gasteiger partial charge in [0, 0.05) is 6.08 Å². The van der Waals surface area contributed by atoms with Crippen molar-refractivity contribution in [2.75, 3.05) is 23.0 Å². The van der Waals surface area contributed by atoms with E-state index in [0.29, 0.717) is 18.1 Å². The maximum atomic E-state index is 10.5. The molecule has 25 heavy (non-hydrogen) atoms. The molecule has 144 valence electrons. The first-order chi connectivity index (χ1) is 12.2. The molecule has 2 rings (SSSR count). The quantitative estimate of drug-likeness (QED) is 0.326. The summed E-state index contributed by atoms with van der Waals surface area (Å²) in [7, 11) is 0. The average Bonchev–Trinajstić information content (AvgIpc) is 3.19. The molecule has 4 atom stereocenters. The minimum absolute atomic E-state index is 0.492. The summed E-state index contributed by atoms with van der Waals surface area (Å²) in [4.78, 5) is 10.5. The summed E-state index contributed by atoms with van der Waals surface area (Å²) < 4.78 is 6.20. The Labute approximate surface area is 161 Å². The Morgan fingerprint density at radius 2 is 1.88 bits per heavy atom. The van der Waals surface area contributed by atoms with Gasteiger partial charge < -0.3 is 9.84 Å². The van der Waals surface area contributed by atoms with Gasteiger partial charge in [-0.05, 0) is 67.0 Å². The van der Waals surface area contributed by atoms with Crippen LogP contribution in [0.5, 0.6) is 0 Å². The minimum atomic E-state index is -0.848. The third-order valence-electron chi connectivity index (χ3n) is 5.33. The molecule has 0 saturated carbocycles. The molecule has 2 aliphatic rings. The zero-order valence-corrected chi connectivity index (χ0v) is 17.2. The number of rotatable bonds is 14. The number of carboxylic acid groups (broad SMARTS) is 1. The Kier molecular flexibility index (Phi) is 10.4. The van der Waals surface area contributed by atoms with E-state index in [-0.39, 0.29) is 0 Å². The number of thioether (sulfide) groups is 2. The molecule has 0 spiro atoms. The van der Waals surface area contributed by atoms with Crippen molar-refractivity contribution in [3.05, 3.63) is 12.2 Å². The highest BCUT2D eigenvalue weighted by molar-refractivity contribution is 7.99. The lowest BCUT2D eigenvalue weighted by molar-refractivity contribution is -0.131. The Morgan fingerprint density at radius 1 is 1.08 bits per heavy atom. The Balaban J connectivity index is 1.60. The van der Waals surface area contributed by atoms with E-state index >= 15 is 0 Å². The molecule has 1 N–H and O–H groups in total. The van der Waals surface area contributed by atoms with Crippen molar-refractivity contribution >= 4 is 29.5 Å². The van der Waals surface area contributed by atoms with Gasteiger partial charge in [0.1, 0.15) is 0 Å². The van der Waals surface area contributed by atoms with Gasteiger partial charge in [0.2, 0.25) is 0 Å². The lowest BCUT2D eigenvalue weighted by atomic mass is 9.79. The molecule has 0 unspecified atom stereocenters. The molecule has 2 aliphatic heterocycles. The summed E-state index contributed by atoms with van der Waals surface area (Å²) in [5.41, 5.74) is 0. The molecule has 0 aromatic carbocycles. The Hall–Kier alpha value is -0.130. The van der Waals surface area contributed by atoms with Crippen molar-refractivity contribution in [3.63, 3.8) is 0 Å². The molecule has 0 aliphatic carbocycles. The van der Waals surface area contributed by atoms with Crippen molar-refractivity contribution in [2.45, 2.75) is 70.5 Å². The van der Waals surface area contributed by atoms with Gasteiger partial charge in [0.15, 0.2) is 0 Å². The standard InChI is InChI=1S/C20H34O3S2/c1-2-3-4-6-12-24-14-11-16-17(19-10-9-18(16)23-19)15-25-13-7-5-8-20(21)22/h5,8,16-19H,2-4,6-7,9-15H2,1H3,(H,21,22)/t16-,17+,18-,19+/m1/s1. The lowest BCUT2D eigenvalue weighted by Crippen LogP contribution is -2.29. The highest BCUT2D eigenvalue weighted by atomic mass is 32.2. The van der Waals surface area contributed by atoms with Crippen molar-refractivity contribution < 1.29 is 14.6 Å². The number of carbonyl (C=O) groups is 1. The molecular formula is C20H34O3S2. The molecule has 0 amide bonds. The van der Waals surface area contributed by atoms with E-state index in [1.807, 2.05) is 11.8 Å². The van der Waals surface area contributed by atoms with E-state index in [1.165, 1.54) is 68.3 Å². The highest BCUT2D eigenvalue weighted by Gasteiger charge is 2.47. The first kappa shape index (κ1) is 21.2. The van der Waals surface area contributed by atoms with Crippen LogP contribution in [0.1, 0.15) is 58.3 Å². The Bertz CT molecular complexity index is 414. The molecule has 5 heteroatoms. The smallest absolute Gasteiger partial charge is 0.327 e. The topological polar surface area (TPSA) is 46.5 Å². The summed E-state index contributed by atoms with van der Waals surface area (Å²) in [6.45, 7) is 2.27. The van der Waals surface area contributed by atoms with Gasteiger partial charge in [0.05, 0.1) is 12.2 Å². The molecular weight excluding hydrogens is 352 g/mol. The van der Waals surface area contributed by atoms with Crippen LogP contribution in [0.4, 0.5) is 0 Å². The van der Waals surface area contributed by atoms with Crippen LogP contribution in [-0.4, -0.2) is 46.3 Å². The number of hydrogen-bond acceptors (Lipinski definition) is 4. The Morgan fingerprint density at radius 3 is 2.64 bits per heavy atom. The number of unbranched alkanes of at least 4 members (excludes halogenated alkanes) is 3. The van der Waals surface area contributed by atoms with Crippen LogP contribution in [-0.2, 0) is 9.53 Å². The number of fused-ring (bicyclic) bond motifs is 2. The number of allylic oxidation sites excluding steroid dienone is 1. The number of hydrogen-bond donors (Lipinski definition) is 1. The second-order valence-electron chi connectivity index (χ2n) is 7.18. The fourth-order valence-electron chi connectivity index (χ4n) is 4.01. The fourth-order valence-corrected chi connectivity index (χ4v) is 6.26. The molecule has 2 heterocycles. The fraction of sp³-hybridized carbons (Fsp3) is 0.850. The molecule has 2 fully saturated rings. The van der Waals surface area contributed by atoms with E-state index in [9.17, 15) is 4.79 Å². The van der Waals surface area contributed by atoms with Crippen LogP contribution < -0.4 is 0 Å². The summed E-state index contributed by atoms with van der Waals surface area (Å²) in [6, 6.07) is 0. The zero-order valence-electron chi connectivity index (χ0n) is 15.5. The van der Waals surface area contributed by atoms with Crippen LogP contribution in [0.2, 0.25) is 0 Å². The van der Waals surface area contributed by atoms with Gasteiger partial charge in [-0.25, -0.2) is 4.79 Å². The van der Waals surface area contributed by atoms with Gasteiger partial charge in [-0.1, -0.05) is 32.3 Å². The molecule has 0 aromatic rings. The second kappa shape index (κ2) is 12.3. The van der Waals surface area contributed by atoms with E-state index in [2.05, 4.69) is 18.7 Å². The molecule has 3 nitrogen and oxygen atoms in total. The van der Waals surface area contributed by atoms with Gasteiger partial charge in [0.25, 0.3) is 0 Å². The summed E-state index contributed by atoms with van der Waals surface area (Å²) in [5, 5.41) is 8.60. The zero-order chi connectivity index (χ0) is 17.9. The van der Waals surface area contributed by atoms with Crippen LogP contribution in [0.15, 0.2) is 12.2 Å². The summed E-state index contributed by atoms with van der Waals surface area (Å²) in [5.74, 6) is 5.41. The van der Waals surface area contributed by atoms with Crippen molar-refractivity contribution in [1.29, 1.82) is 0 Å². The molecule has 2 bridgehead atoms.